The maximum Gasteiger partial charge on any atom is 4.00 e. The van der Waals surface area contributed by atoms with Crippen LogP contribution in [-0.2, 0) is 52.4 Å². The first-order valence-electron chi connectivity index (χ1n) is 0.612. The van der Waals surface area contributed by atoms with Crippen molar-refractivity contribution in [1.29, 1.82) is 0 Å². The molecule has 0 bridgehead atoms. The molecule has 4 N–H and O–H groups in total. The minimum atomic E-state index is -3.63. The topological polar surface area (TPSA) is 183 Å². The minimum absolute atomic E-state index is 0. The molecule has 0 radical (unpaired) electrons. The predicted octanol–water partition coefficient (Wildman–Crippen LogP) is -9.58. The maximum absolute atomic E-state index is 8.52. The summed E-state index contributed by atoms with van der Waals surface area (Å²) < 4.78 is 8.52. The predicted molar refractivity (Wildman–Crippen MR) is 14.2 cm³/mol. The summed E-state index contributed by atoms with van der Waals surface area (Å²) >= 11 is 0. The van der Waals surface area contributed by atoms with Gasteiger partial charge in [-0.25, -0.2) is 0 Å². The van der Waals surface area contributed by atoms with E-state index in [1.54, 1.807) is 0 Å². The third-order valence-corrected chi connectivity index (χ3v) is 0. The SMILES string of the molecule is O=[Si]([O-])[O-].[Li+].[Li+].[OH-].[OH-].[OH-].[OH-].[Ti].[Zr+4]. The third-order valence-electron chi connectivity index (χ3n) is 0. The van der Waals surface area contributed by atoms with Crippen molar-refractivity contribution in [2.45, 2.75) is 0 Å². The molecular formula is H4Li2O7SiTiZr. The Morgan fingerprint density at radius 2 is 0.833 bits per heavy atom. The van der Waals surface area contributed by atoms with Crippen LogP contribution in [0, 0.1) is 0 Å². The van der Waals surface area contributed by atoms with Crippen molar-refractivity contribution < 1.29 is 122 Å². The van der Waals surface area contributed by atoms with Gasteiger partial charge in [-0.15, -0.1) is 0 Å². The Morgan fingerprint density at radius 1 is 0.833 bits per heavy atom. The number of rotatable bonds is 0. The van der Waals surface area contributed by atoms with Crippen molar-refractivity contribution in [2.24, 2.45) is 0 Å². The quantitative estimate of drug-likeness (QED) is 0.397. The van der Waals surface area contributed by atoms with E-state index < -0.39 is 9.17 Å². The molecule has 0 unspecified atom stereocenters. The van der Waals surface area contributed by atoms with Gasteiger partial charge in [-0.3, -0.25) is 0 Å². The van der Waals surface area contributed by atoms with E-state index in [1.165, 1.54) is 0 Å². The Morgan fingerprint density at radius 3 is 0.833 bits per heavy atom. The van der Waals surface area contributed by atoms with Gasteiger partial charge < -0.3 is 36.0 Å². The fourth-order valence-electron chi connectivity index (χ4n) is 0. The Balaban J connectivity index is -0.00000000161. The smallest absolute Gasteiger partial charge is 0.870 e. The van der Waals surface area contributed by atoms with Crippen molar-refractivity contribution in [2.75, 3.05) is 0 Å². The summed E-state index contributed by atoms with van der Waals surface area (Å²) in [5.74, 6) is 0. The van der Waals surface area contributed by atoms with Gasteiger partial charge in [-0.1, -0.05) is 0 Å². The van der Waals surface area contributed by atoms with Crippen LogP contribution in [0.4, 0.5) is 0 Å². The average molecular weight is 297 g/mol. The van der Waals surface area contributed by atoms with E-state index in [4.69, 9.17) is 14.1 Å². The molecule has 0 heterocycles. The van der Waals surface area contributed by atoms with Crippen LogP contribution in [0.15, 0.2) is 0 Å². The molecule has 0 saturated heterocycles. The van der Waals surface area contributed by atoms with Gasteiger partial charge in [0.2, 0.25) is 0 Å². The fourth-order valence-corrected chi connectivity index (χ4v) is 0. The summed E-state index contributed by atoms with van der Waals surface area (Å²) in [6.45, 7) is 0. The van der Waals surface area contributed by atoms with Crippen LogP contribution in [0.1, 0.15) is 0 Å². The van der Waals surface area contributed by atoms with Crippen LogP contribution in [0.5, 0.6) is 0 Å². The van der Waals surface area contributed by atoms with Crippen molar-refractivity contribution in [3.05, 3.63) is 0 Å². The van der Waals surface area contributed by atoms with Gasteiger partial charge in [-0.05, 0) is 0 Å². The van der Waals surface area contributed by atoms with Crippen molar-refractivity contribution in [3.8, 4) is 0 Å². The van der Waals surface area contributed by atoms with Crippen molar-refractivity contribution >= 4 is 9.17 Å². The molecule has 0 saturated carbocycles. The molecule has 0 amide bonds. The zero-order chi connectivity index (χ0) is 3.58. The van der Waals surface area contributed by atoms with E-state index >= 15 is 0 Å². The summed E-state index contributed by atoms with van der Waals surface area (Å²) in [7, 11) is -3.63. The molecular weight excluding hydrogens is 293 g/mol. The normalized spacial score (nSPS) is 2.00. The first kappa shape index (κ1) is 90.8. The van der Waals surface area contributed by atoms with Crippen LogP contribution < -0.4 is 47.3 Å². The Hall–Kier alpha value is 2.25. The first-order valence-corrected chi connectivity index (χ1v) is 1.84. The van der Waals surface area contributed by atoms with E-state index in [2.05, 4.69) is 0 Å². The zero-order valence-corrected chi connectivity index (χ0v) is 11.5. The van der Waals surface area contributed by atoms with Gasteiger partial charge >= 0.3 is 63.9 Å². The second kappa shape index (κ2) is 72.1. The van der Waals surface area contributed by atoms with Crippen LogP contribution >= 0.6 is 0 Å². The van der Waals surface area contributed by atoms with Gasteiger partial charge in [0, 0.05) is 30.9 Å². The summed E-state index contributed by atoms with van der Waals surface area (Å²) in [5, 5.41) is 0. The molecule has 0 aromatic rings. The van der Waals surface area contributed by atoms with Crippen molar-refractivity contribution in [1.82, 2.24) is 0 Å². The van der Waals surface area contributed by atoms with Crippen LogP contribution in [-0.4, -0.2) is 31.1 Å². The molecule has 0 aromatic carbocycles. The van der Waals surface area contributed by atoms with Gasteiger partial charge in [0.1, 0.15) is 0 Å². The van der Waals surface area contributed by atoms with E-state index in [0.717, 1.165) is 0 Å². The average Bonchev–Trinajstić information content (AvgIpc) is 0.811. The fraction of sp³-hybridized carbons (Fsp3) is 0. The Kier molecular flexibility index (Phi) is 546. The van der Waals surface area contributed by atoms with E-state index in [1.807, 2.05) is 0 Å². The zero-order valence-electron chi connectivity index (χ0n) is 6.51. The van der Waals surface area contributed by atoms with Crippen molar-refractivity contribution in [3.63, 3.8) is 0 Å². The van der Waals surface area contributed by atoms with Crippen LogP contribution in [0.2, 0.25) is 0 Å². The molecule has 60 valence electrons. The van der Waals surface area contributed by atoms with E-state index in [9.17, 15) is 0 Å². The third kappa shape index (κ3) is 306. The molecule has 0 rings (SSSR count). The molecule has 0 aliphatic rings. The molecule has 0 spiro atoms. The Bertz CT molecular complexity index is 44.4. The molecule has 0 aromatic heterocycles. The standard InChI is InChI=1S/2Li.O3Si.4H2O.Ti.Zr/c;;1-4(2)3;;;;;;/h;;;4*1H2;;/q2*+1;-2;;;;;;+4/p-4. The summed E-state index contributed by atoms with van der Waals surface area (Å²) in [4.78, 5) is 17.0. The number of hydrogen-bond donors (Lipinski definition) is 0. The first-order chi connectivity index (χ1) is 1.73. The molecule has 0 aliphatic carbocycles. The largest absolute Gasteiger partial charge is 4.00 e. The van der Waals surface area contributed by atoms with Gasteiger partial charge in [0.15, 0.2) is 0 Å². The van der Waals surface area contributed by atoms with Crippen LogP contribution in [0.3, 0.4) is 0 Å². The van der Waals surface area contributed by atoms with Crippen LogP contribution in [0.25, 0.3) is 0 Å². The van der Waals surface area contributed by atoms with E-state index in [0.29, 0.717) is 0 Å². The molecule has 12 heavy (non-hydrogen) atoms. The molecule has 0 atom stereocenters. The maximum atomic E-state index is 8.52. The van der Waals surface area contributed by atoms with Gasteiger partial charge in [-0.2, -0.15) is 0 Å². The minimum Gasteiger partial charge on any atom is -0.870 e. The molecule has 12 heteroatoms. The summed E-state index contributed by atoms with van der Waals surface area (Å²) in [5.41, 5.74) is 0. The second-order valence-corrected chi connectivity index (χ2v) is 0.750. The summed E-state index contributed by atoms with van der Waals surface area (Å²) in [6.07, 6.45) is 0. The second-order valence-electron chi connectivity index (χ2n) is 0.250. The summed E-state index contributed by atoms with van der Waals surface area (Å²) in [6, 6.07) is 0. The molecule has 0 fully saturated rings. The Labute approximate surface area is 129 Å². The van der Waals surface area contributed by atoms with Gasteiger partial charge in [0.25, 0.3) is 0 Å². The molecule has 7 nitrogen and oxygen atoms in total. The molecule has 0 aliphatic heterocycles. The monoisotopic (exact) mass is 296 g/mol. The van der Waals surface area contributed by atoms with Gasteiger partial charge in [0.05, 0.1) is 0 Å². The number of hydrogen-bond acceptors (Lipinski definition) is 7. The van der Waals surface area contributed by atoms with E-state index in [-0.39, 0.29) is 108 Å².